The molecule has 0 saturated heterocycles. The molecule has 0 amide bonds. The van der Waals surface area contributed by atoms with Crippen LogP contribution in [-0.2, 0) is 48.1 Å². The summed E-state index contributed by atoms with van der Waals surface area (Å²) in [5.74, 6) is -0.317. The first-order valence-electron chi connectivity index (χ1n) is 14.7. The lowest BCUT2D eigenvalue weighted by Gasteiger charge is -2.14. The molecule has 39 heavy (non-hydrogen) atoms. The number of carbonyl (C=O) groups excluding carboxylic acids is 1. The van der Waals surface area contributed by atoms with Crippen LogP contribution in [0.3, 0.4) is 0 Å². The van der Waals surface area contributed by atoms with E-state index in [2.05, 4.69) is 81.1 Å². The highest BCUT2D eigenvalue weighted by Crippen LogP contribution is 2.27. The van der Waals surface area contributed by atoms with Crippen LogP contribution >= 0.6 is 0 Å². The third-order valence-corrected chi connectivity index (χ3v) is 7.41. The van der Waals surface area contributed by atoms with Crippen LogP contribution in [0.2, 0.25) is 0 Å². The third-order valence-electron chi connectivity index (χ3n) is 7.41. The molecule has 3 nitrogen and oxygen atoms in total. The predicted molar refractivity (Wildman–Crippen MR) is 163 cm³/mol. The highest BCUT2D eigenvalue weighted by atomic mass is 16.5. The summed E-state index contributed by atoms with van der Waals surface area (Å²) in [6.45, 7) is 10.4. The monoisotopic (exact) mass is 526 g/mol. The fourth-order valence-corrected chi connectivity index (χ4v) is 5.06. The molecule has 0 unspecified atom stereocenters. The van der Waals surface area contributed by atoms with E-state index in [1.54, 1.807) is 6.92 Å². The molecule has 0 saturated carbocycles. The number of hydrogen-bond donors (Lipinski definition) is 1. The second kappa shape index (κ2) is 16.1. The van der Waals surface area contributed by atoms with Gasteiger partial charge in [0.1, 0.15) is 0 Å². The summed E-state index contributed by atoms with van der Waals surface area (Å²) in [5.41, 5.74) is 11.0. The van der Waals surface area contributed by atoms with Gasteiger partial charge in [-0.15, -0.1) is 0 Å². The van der Waals surface area contributed by atoms with Crippen molar-refractivity contribution >= 4 is 5.97 Å². The van der Waals surface area contributed by atoms with Crippen molar-refractivity contribution in [1.82, 2.24) is 0 Å². The van der Waals surface area contributed by atoms with Gasteiger partial charge in [-0.1, -0.05) is 93.9 Å². The molecule has 0 spiro atoms. The van der Waals surface area contributed by atoms with Crippen molar-refractivity contribution in [3.05, 3.63) is 106 Å². The molecule has 3 rings (SSSR count). The summed E-state index contributed by atoms with van der Waals surface area (Å²) < 4.78 is 5.43. The van der Waals surface area contributed by atoms with E-state index in [1.807, 2.05) is 0 Å². The van der Waals surface area contributed by atoms with Gasteiger partial charge in [-0.2, -0.15) is 0 Å². The van der Waals surface area contributed by atoms with E-state index >= 15 is 0 Å². The first-order valence-corrected chi connectivity index (χ1v) is 14.7. The van der Waals surface area contributed by atoms with Gasteiger partial charge in [-0.25, -0.2) is 4.79 Å². The lowest BCUT2D eigenvalue weighted by Crippen LogP contribution is -2.09. The van der Waals surface area contributed by atoms with E-state index in [9.17, 15) is 4.79 Å². The summed E-state index contributed by atoms with van der Waals surface area (Å²) in [6, 6.07) is 22.6. The van der Waals surface area contributed by atoms with Crippen LogP contribution in [0.15, 0.2) is 72.8 Å². The van der Waals surface area contributed by atoms with E-state index < -0.39 is 0 Å². The van der Waals surface area contributed by atoms with E-state index in [4.69, 9.17) is 9.84 Å². The van der Waals surface area contributed by atoms with Gasteiger partial charge >= 0.3 is 5.97 Å². The molecule has 208 valence electrons. The Hall–Kier alpha value is -3.17. The van der Waals surface area contributed by atoms with Crippen molar-refractivity contribution in [3.8, 4) is 11.1 Å². The maximum atomic E-state index is 11.9. The summed E-state index contributed by atoms with van der Waals surface area (Å²) in [6.07, 6.45) is 10.1. The molecular weight excluding hydrogens is 480 g/mol. The Balaban J connectivity index is 1.72. The van der Waals surface area contributed by atoms with E-state index in [-0.39, 0.29) is 12.6 Å². The zero-order chi connectivity index (χ0) is 28.0. The van der Waals surface area contributed by atoms with Crippen molar-refractivity contribution in [2.24, 2.45) is 0 Å². The van der Waals surface area contributed by atoms with Crippen LogP contribution in [0.1, 0.15) is 79.8 Å². The van der Waals surface area contributed by atoms with E-state index in [0.29, 0.717) is 12.2 Å². The molecule has 0 radical (unpaired) electrons. The number of hydrogen-bond acceptors (Lipinski definition) is 3. The molecule has 3 aromatic rings. The van der Waals surface area contributed by atoms with Gasteiger partial charge < -0.3 is 9.84 Å². The zero-order valence-electron chi connectivity index (χ0n) is 24.2. The van der Waals surface area contributed by atoms with Crippen molar-refractivity contribution in [2.45, 2.75) is 85.0 Å². The zero-order valence-corrected chi connectivity index (χ0v) is 24.2. The third kappa shape index (κ3) is 9.51. The van der Waals surface area contributed by atoms with Gasteiger partial charge in [0.15, 0.2) is 0 Å². The highest BCUT2D eigenvalue weighted by molar-refractivity contribution is 5.86. The van der Waals surface area contributed by atoms with E-state index in [0.717, 1.165) is 44.9 Å². The minimum Gasteiger partial charge on any atom is -0.462 e. The van der Waals surface area contributed by atoms with Gasteiger partial charge in [0, 0.05) is 18.6 Å². The number of esters is 1. The molecule has 1 N–H and O–H groups in total. The molecular formula is C36H46O3. The molecule has 0 aromatic heterocycles. The van der Waals surface area contributed by atoms with Crippen LogP contribution in [0.4, 0.5) is 0 Å². The highest BCUT2D eigenvalue weighted by Gasteiger charge is 2.10. The SMILES string of the molecule is C=C(C)C(=O)OCCc1cc(CCCCC)ccc1CCc1ccc(-c2ccc(CCCO)cc2)c(CC)c1. The second-order valence-electron chi connectivity index (χ2n) is 10.6. The Kier molecular flexibility index (Phi) is 12.5. The molecule has 3 heteroatoms. The number of benzene rings is 3. The number of carbonyl (C=O) groups is 1. The Bertz CT molecular complexity index is 1210. The average Bonchev–Trinajstić information content (AvgIpc) is 2.95. The smallest absolute Gasteiger partial charge is 0.333 e. The Morgan fingerprint density at radius 3 is 2.10 bits per heavy atom. The number of unbranched alkanes of at least 4 members (excludes halogenated alkanes) is 2. The summed E-state index contributed by atoms with van der Waals surface area (Å²) in [7, 11) is 0. The fraction of sp³-hybridized carbons (Fsp3) is 0.417. The topological polar surface area (TPSA) is 46.5 Å². The van der Waals surface area contributed by atoms with Crippen LogP contribution in [0, 0.1) is 0 Å². The summed E-state index contributed by atoms with van der Waals surface area (Å²) in [5, 5.41) is 9.09. The quantitative estimate of drug-likeness (QED) is 0.117. The lowest BCUT2D eigenvalue weighted by atomic mass is 9.91. The number of aliphatic hydroxyl groups is 1. The number of ether oxygens (including phenoxy) is 1. The van der Waals surface area contributed by atoms with Crippen LogP contribution < -0.4 is 0 Å². The van der Waals surface area contributed by atoms with Gasteiger partial charge in [0.05, 0.1) is 6.61 Å². The molecule has 0 aliphatic heterocycles. The first kappa shape index (κ1) is 30.4. The van der Waals surface area contributed by atoms with E-state index in [1.165, 1.54) is 63.8 Å². The number of aliphatic hydroxyl groups excluding tert-OH is 1. The van der Waals surface area contributed by atoms with Crippen LogP contribution in [0.5, 0.6) is 0 Å². The van der Waals surface area contributed by atoms with Crippen molar-refractivity contribution in [3.63, 3.8) is 0 Å². The predicted octanol–water partition coefficient (Wildman–Crippen LogP) is 8.02. The van der Waals surface area contributed by atoms with Crippen molar-refractivity contribution in [2.75, 3.05) is 13.2 Å². The Labute approximate surface area is 235 Å². The van der Waals surface area contributed by atoms with Gasteiger partial charge in [-0.05, 0) is 96.4 Å². The summed E-state index contributed by atoms with van der Waals surface area (Å²) in [4.78, 5) is 11.9. The Morgan fingerprint density at radius 2 is 1.41 bits per heavy atom. The largest absolute Gasteiger partial charge is 0.462 e. The minimum atomic E-state index is -0.317. The number of rotatable bonds is 16. The first-order chi connectivity index (χ1) is 18.9. The normalized spacial score (nSPS) is 11.0. The summed E-state index contributed by atoms with van der Waals surface area (Å²) >= 11 is 0. The van der Waals surface area contributed by atoms with Crippen molar-refractivity contribution in [1.29, 1.82) is 0 Å². The maximum absolute atomic E-state index is 11.9. The van der Waals surface area contributed by atoms with Crippen LogP contribution in [0.25, 0.3) is 11.1 Å². The van der Waals surface area contributed by atoms with Gasteiger partial charge in [0.25, 0.3) is 0 Å². The molecule has 0 aliphatic carbocycles. The Morgan fingerprint density at radius 1 is 0.744 bits per heavy atom. The van der Waals surface area contributed by atoms with Gasteiger partial charge in [0.2, 0.25) is 0 Å². The molecule has 0 fully saturated rings. The van der Waals surface area contributed by atoms with Crippen molar-refractivity contribution < 1.29 is 14.6 Å². The fourth-order valence-electron chi connectivity index (χ4n) is 5.06. The minimum absolute atomic E-state index is 0.232. The van der Waals surface area contributed by atoms with Crippen LogP contribution in [-0.4, -0.2) is 24.3 Å². The molecule has 0 bridgehead atoms. The second-order valence-corrected chi connectivity index (χ2v) is 10.6. The lowest BCUT2D eigenvalue weighted by molar-refractivity contribution is -0.138. The maximum Gasteiger partial charge on any atom is 0.333 e. The average molecular weight is 527 g/mol. The molecule has 0 atom stereocenters. The standard InChI is InChI=1S/C36H46O3/c1-5-7-8-10-29-14-17-32(34(26-29)22-24-39-36(38)27(3)4)18-15-30-16-21-35(31(6-2)25-30)33-19-12-28(13-20-33)11-9-23-37/h12-14,16-17,19-21,25-26,37H,3,5-11,15,18,22-24H2,1-2,4H3. The molecule has 3 aromatic carbocycles. The molecule has 0 heterocycles. The van der Waals surface area contributed by atoms with Gasteiger partial charge in [-0.3, -0.25) is 0 Å². The number of aryl methyl sites for hydroxylation is 5. The molecule has 0 aliphatic rings.